The molecule has 0 amide bonds. The van der Waals surface area contributed by atoms with E-state index >= 15 is 0 Å². The van der Waals surface area contributed by atoms with Crippen LogP contribution in [0.25, 0.3) is 16.7 Å². The van der Waals surface area contributed by atoms with Gasteiger partial charge in [0.1, 0.15) is 12.5 Å². The summed E-state index contributed by atoms with van der Waals surface area (Å²) in [5.41, 5.74) is 9.88. The molecule has 7 nitrogen and oxygen atoms in total. The molecule has 1 aliphatic rings. The molecule has 3 aromatic rings. The summed E-state index contributed by atoms with van der Waals surface area (Å²) in [6.45, 7) is 7.45. The Hall–Kier alpha value is -2.77. The molecule has 0 bridgehead atoms. The minimum absolute atomic E-state index is 0.124. The number of ether oxygens (including phenoxy) is 1. The van der Waals surface area contributed by atoms with Crippen LogP contribution >= 0.6 is 0 Å². The van der Waals surface area contributed by atoms with Crippen LogP contribution in [0.2, 0.25) is 0 Å². The molecule has 2 aromatic heterocycles. The van der Waals surface area contributed by atoms with E-state index in [1.54, 1.807) is 0 Å². The van der Waals surface area contributed by atoms with Gasteiger partial charge in [-0.05, 0) is 51.0 Å². The molecule has 7 heteroatoms. The number of amidine groups is 1. The molecule has 0 unspecified atom stereocenters. The van der Waals surface area contributed by atoms with Gasteiger partial charge in [0.05, 0.1) is 24.1 Å². The summed E-state index contributed by atoms with van der Waals surface area (Å²) in [6, 6.07) is 10.2. The van der Waals surface area contributed by atoms with Crippen LogP contribution in [0.1, 0.15) is 31.9 Å². The molecule has 0 fully saturated rings. The molecule has 1 aliphatic heterocycles. The molecule has 0 aliphatic carbocycles. The quantitative estimate of drug-likeness (QED) is 0.728. The topological polar surface area (TPSA) is 76.4 Å². The maximum absolute atomic E-state index is 5.81. The number of benzene rings is 1. The Morgan fingerprint density at radius 3 is 2.85 bits per heavy atom. The van der Waals surface area contributed by atoms with Crippen LogP contribution in [-0.4, -0.2) is 39.5 Å². The fraction of sp³-hybridized carbons (Fsp3) is 0.350. The third-order valence-corrected chi connectivity index (χ3v) is 4.28. The zero-order valence-corrected chi connectivity index (χ0v) is 15.9. The van der Waals surface area contributed by atoms with Gasteiger partial charge >= 0.3 is 0 Å². The van der Waals surface area contributed by atoms with Crippen molar-refractivity contribution in [2.75, 3.05) is 13.3 Å². The predicted octanol–water partition coefficient (Wildman–Crippen LogP) is 2.59. The van der Waals surface area contributed by atoms with Gasteiger partial charge in [0.25, 0.3) is 0 Å². The predicted molar refractivity (Wildman–Crippen MR) is 106 cm³/mol. The lowest BCUT2D eigenvalue weighted by Gasteiger charge is -2.19. The first-order valence-corrected chi connectivity index (χ1v) is 9.10. The van der Waals surface area contributed by atoms with Crippen molar-refractivity contribution in [1.29, 1.82) is 0 Å². The van der Waals surface area contributed by atoms with Gasteiger partial charge < -0.3 is 10.2 Å². The third-order valence-electron chi connectivity index (χ3n) is 4.28. The Balaban J connectivity index is 1.58. The molecule has 0 atom stereocenters. The average Bonchev–Trinajstić information content (AvgIpc) is 3.30. The average molecular weight is 364 g/mol. The van der Waals surface area contributed by atoms with Crippen LogP contribution in [0.15, 0.2) is 47.7 Å². The summed E-state index contributed by atoms with van der Waals surface area (Å²) >= 11 is 0. The Labute approximate surface area is 158 Å². The zero-order chi connectivity index (χ0) is 18.9. The fourth-order valence-corrected chi connectivity index (χ4v) is 3.00. The standard InChI is InChI=1S/C20H24N6O/c1-20(2,3)27-8-7-14-9-16-12-24-26(19(16)21-11-14)17-6-4-5-15(10-17)18-22-13-23-25-18/h4-6,9-12,23H,7-8,13H2,1-3H3,(H,22,25). The molecular weight excluding hydrogens is 340 g/mol. The SMILES string of the molecule is CC(C)(C)OCCc1cnc2c(cnn2-c2cccc(C3=NCNN3)c2)c1. The van der Waals surface area contributed by atoms with Gasteiger partial charge in [-0.2, -0.15) is 5.10 Å². The van der Waals surface area contributed by atoms with Gasteiger partial charge in [0, 0.05) is 17.1 Å². The van der Waals surface area contributed by atoms with Gasteiger partial charge in [0.2, 0.25) is 0 Å². The van der Waals surface area contributed by atoms with Crippen molar-refractivity contribution < 1.29 is 4.74 Å². The molecule has 0 spiro atoms. The Morgan fingerprint density at radius 2 is 2.07 bits per heavy atom. The number of pyridine rings is 1. The van der Waals surface area contributed by atoms with Crippen molar-refractivity contribution in [2.45, 2.75) is 32.8 Å². The molecule has 0 radical (unpaired) electrons. The Bertz CT molecular complexity index is 986. The molecule has 4 rings (SSSR count). The number of hydrazine groups is 1. The highest BCUT2D eigenvalue weighted by Gasteiger charge is 2.12. The number of hydrogen-bond acceptors (Lipinski definition) is 6. The summed E-state index contributed by atoms with van der Waals surface area (Å²) in [6.07, 6.45) is 4.60. The van der Waals surface area contributed by atoms with E-state index in [1.165, 1.54) is 0 Å². The second-order valence-corrected chi connectivity index (χ2v) is 7.54. The maximum Gasteiger partial charge on any atom is 0.162 e. The molecule has 0 saturated heterocycles. The van der Waals surface area contributed by atoms with E-state index in [0.29, 0.717) is 13.3 Å². The molecule has 140 valence electrons. The van der Waals surface area contributed by atoms with E-state index in [1.807, 2.05) is 35.3 Å². The second-order valence-electron chi connectivity index (χ2n) is 7.54. The highest BCUT2D eigenvalue weighted by atomic mass is 16.5. The lowest BCUT2D eigenvalue weighted by atomic mass is 10.1. The molecule has 27 heavy (non-hydrogen) atoms. The number of nitrogens with zero attached hydrogens (tertiary/aromatic N) is 4. The zero-order valence-electron chi connectivity index (χ0n) is 15.9. The van der Waals surface area contributed by atoms with Crippen molar-refractivity contribution in [3.05, 3.63) is 53.9 Å². The Morgan fingerprint density at radius 1 is 1.19 bits per heavy atom. The number of fused-ring (bicyclic) bond motifs is 1. The van der Waals surface area contributed by atoms with Gasteiger partial charge in [-0.3, -0.25) is 0 Å². The van der Waals surface area contributed by atoms with Crippen LogP contribution in [0.4, 0.5) is 0 Å². The highest BCUT2D eigenvalue weighted by Crippen LogP contribution is 2.19. The second kappa shape index (κ2) is 7.09. The van der Waals surface area contributed by atoms with Gasteiger partial charge in [0.15, 0.2) is 5.65 Å². The summed E-state index contributed by atoms with van der Waals surface area (Å²) in [4.78, 5) is 9.03. The van der Waals surface area contributed by atoms with Gasteiger partial charge in [-0.25, -0.2) is 20.1 Å². The van der Waals surface area contributed by atoms with Crippen molar-refractivity contribution in [3.8, 4) is 5.69 Å². The molecule has 2 N–H and O–H groups in total. The molecule has 3 heterocycles. The highest BCUT2D eigenvalue weighted by molar-refractivity contribution is 5.99. The minimum atomic E-state index is -0.124. The summed E-state index contributed by atoms with van der Waals surface area (Å²) in [5, 5.41) is 5.56. The number of hydrogen-bond donors (Lipinski definition) is 2. The minimum Gasteiger partial charge on any atom is -0.376 e. The summed E-state index contributed by atoms with van der Waals surface area (Å²) in [7, 11) is 0. The lowest BCUT2D eigenvalue weighted by molar-refractivity contribution is -0.000989. The van der Waals surface area contributed by atoms with Crippen LogP contribution in [-0.2, 0) is 11.2 Å². The van der Waals surface area contributed by atoms with Gasteiger partial charge in [-0.15, -0.1) is 0 Å². The van der Waals surface area contributed by atoms with Crippen molar-refractivity contribution in [3.63, 3.8) is 0 Å². The first kappa shape index (κ1) is 17.6. The summed E-state index contributed by atoms with van der Waals surface area (Å²) in [5.74, 6) is 0.836. The molecule has 1 aromatic carbocycles. The van der Waals surface area contributed by atoms with E-state index in [-0.39, 0.29) is 5.60 Å². The molecule has 0 saturated carbocycles. The first-order chi connectivity index (χ1) is 13.0. The van der Waals surface area contributed by atoms with Crippen molar-refractivity contribution in [1.82, 2.24) is 25.6 Å². The lowest BCUT2D eigenvalue weighted by Crippen LogP contribution is -2.30. The van der Waals surface area contributed by atoms with Gasteiger partial charge in [-0.1, -0.05) is 12.1 Å². The number of aliphatic imine (C=N–C) groups is 1. The van der Waals surface area contributed by atoms with E-state index in [4.69, 9.17) is 4.74 Å². The Kier molecular flexibility index (Phi) is 4.63. The van der Waals surface area contributed by atoms with Crippen LogP contribution < -0.4 is 10.9 Å². The normalized spacial score (nSPS) is 14.4. The van der Waals surface area contributed by atoms with E-state index in [2.05, 4.69) is 58.8 Å². The first-order valence-electron chi connectivity index (χ1n) is 9.10. The smallest absolute Gasteiger partial charge is 0.162 e. The third kappa shape index (κ3) is 3.99. The van der Waals surface area contributed by atoms with Crippen LogP contribution in [0.3, 0.4) is 0 Å². The number of nitrogens with one attached hydrogen (secondary N) is 2. The van der Waals surface area contributed by atoms with E-state index in [0.717, 1.165) is 40.1 Å². The number of rotatable bonds is 5. The van der Waals surface area contributed by atoms with Crippen molar-refractivity contribution >= 4 is 16.9 Å². The number of aromatic nitrogens is 3. The summed E-state index contributed by atoms with van der Waals surface area (Å²) < 4.78 is 7.67. The van der Waals surface area contributed by atoms with Crippen molar-refractivity contribution in [2.24, 2.45) is 4.99 Å². The monoisotopic (exact) mass is 364 g/mol. The van der Waals surface area contributed by atoms with Crippen LogP contribution in [0.5, 0.6) is 0 Å². The van der Waals surface area contributed by atoms with E-state index in [9.17, 15) is 0 Å². The largest absolute Gasteiger partial charge is 0.376 e. The fourth-order valence-electron chi connectivity index (χ4n) is 3.00. The maximum atomic E-state index is 5.81. The van der Waals surface area contributed by atoms with Crippen LogP contribution in [0, 0.1) is 0 Å². The van der Waals surface area contributed by atoms with E-state index < -0.39 is 0 Å². The molecular formula is C20H24N6O.